The molecule has 0 heterocycles. The third-order valence-electron chi connectivity index (χ3n) is 3.20. The number of rotatable bonds is 6. The maximum Gasteiger partial charge on any atom is 0.409 e. The fourth-order valence-electron chi connectivity index (χ4n) is 2.05. The van der Waals surface area contributed by atoms with Crippen LogP contribution in [-0.4, -0.2) is 36.4 Å². The van der Waals surface area contributed by atoms with Gasteiger partial charge in [0.15, 0.2) is 0 Å². The van der Waals surface area contributed by atoms with Crippen molar-refractivity contribution >= 4 is 17.5 Å². The Morgan fingerprint density at radius 2 is 1.96 bits per heavy atom. The van der Waals surface area contributed by atoms with E-state index in [-0.39, 0.29) is 23.6 Å². The predicted molar refractivity (Wildman–Crippen MR) is 94.5 cm³/mol. The number of hydrogen-bond acceptors (Lipinski definition) is 5. The third kappa shape index (κ3) is 5.22. The highest BCUT2D eigenvalue weighted by Crippen LogP contribution is 2.32. The van der Waals surface area contributed by atoms with E-state index < -0.39 is 16.7 Å². The van der Waals surface area contributed by atoms with E-state index >= 15 is 0 Å². The Kier molecular flexibility index (Phi) is 6.53. The number of methoxy groups -OCH3 is 1. The summed E-state index contributed by atoms with van der Waals surface area (Å²) in [7, 11) is 1.51. The van der Waals surface area contributed by atoms with Crippen LogP contribution in [0.5, 0.6) is 5.75 Å². The molecular weight excluding hydrogens is 340 g/mol. The molecule has 0 saturated heterocycles. The number of anilines is 1. The van der Waals surface area contributed by atoms with Gasteiger partial charge in [0.2, 0.25) is 0 Å². The molecule has 2 N–H and O–H groups in total. The summed E-state index contributed by atoms with van der Waals surface area (Å²) in [5.74, 6) is 5.96. The Balaban J connectivity index is 2.48. The topological polar surface area (TPSA) is 111 Å². The summed E-state index contributed by atoms with van der Waals surface area (Å²) in [4.78, 5) is 21.5. The van der Waals surface area contributed by atoms with E-state index in [0.29, 0.717) is 6.61 Å². The smallest absolute Gasteiger partial charge is 0.409 e. The molecule has 0 fully saturated rings. The standard InChI is InChI=1S/C18H16N2O6/c1-25-9-10-26-17-12-15(19-18(21)22)16(20(23)24)11-14(17)8-7-13-5-3-2-4-6-13/h2-6,11-12,19H,9-10H2,1H3,(H,21,22). The molecule has 0 atom stereocenters. The van der Waals surface area contributed by atoms with Crippen molar-refractivity contribution in [1.82, 2.24) is 0 Å². The zero-order valence-corrected chi connectivity index (χ0v) is 13.9. The van der Waals surface area contributed by atoms with Crippen molar-refractivity contribution in [1.29, 1.82) is 0 Å². The van der Waals surface area contributed by atoms with Gasteiger partial charge in [-0.15, -0.1) is 0 Å². The van der Waals surface area contributed by atoms with E-state index in [4.69, 9.17) is 14.6 Å². The zero-order chi connectivity index (χ0) is 18.9. The highest BCUT2D eigenvalue weighted by atomic mass is 16.6. The molecule has 0 saturated carbocycles. The van der Waals surface area contributed by atoms with Crippen LogP contribution in [0.4, 0.5) is 16.2 Å². The van der Waals surface area contributed by atoms with Gasteiger partial charge in [0, 0.05) is 24.8 Å². The number of benzene rings is 2. The molecule has 0 radical (unpaired) electrons. The van der Waals surface area contributed by atoms with Gasteiger partial charge in [-0.05, 0) is 12.1 Å². The Morgan fingerprint density at radius 3 is 2.58 bits per heavy atom. The van der Waals surface area contributed by atoms with Gasteiger partial charge in [-0.25, -0.2) is 4.79 Å². The number of amides is 1. The van der Waals surface area contributed by atoms with Crippen molar-refractivity contribution in [3.63, 3.8) is 0 Å². The van der Waals surface area contributed by atoms with Crippen molar-refractivity contribution in [3.8, 4) is 17.6 Å². The first-order chi connectivity index (χ1) is 12.5. The summed E-state index contributed by atoms with van der Waals surface area (Å²) in [5.41, 5.74) is 0.391. The van der Waals surface area contributed by atoms with Crippen LogP contribution in [0.3, 0.4) is 0 Å². The average Bonchev–Trinajstić information content (AvgIpc) is 2.61. The van der Waals surface area contributed by atoms with Gasteiger partial charge < -0.3 is 14.6 Å². The Labute approximate surface area is 149 Å². The van der Waals surface area contributed by atoms with Crippen LogP contribution in [0.1, 0.15) is 11.1 Å². The minimum Gasteiger partial charge on any atom is -0.490 e. The minimum absolute atomic E-state index is 0.181. The van der Waals surface area contributed by atoms with Gasteiger partial charge in [0.25, 0.3) is 5.69 Å². The van der Waals surface area contributed by atoms with E-state index in [2.05, 4.69) is 11.8 Å². The summed E-state index contributed by atoms with van der Waals surface area (Å²) in [6.07, 6.45) is -1.42. The second-order valence-electron chi connectivity index (χ2n) is 5.01. The molecule has 0 spiro atoms. The van der Waals surface area contributed by atoms with Crippen molar-refractivity contribution in [2.24, 2.45) is 0 Å². The van der Waals surface area contributed by atoms with Gasteiger partial charge in [0.1, 0.15) is 18.0 Å². The fourth-order valence-corrected chi connectivity index (χ4v) is 2.05. The van der Waals surface area contributed by atoms with Crippen molar-refractivity contribution < 1.29 is 24.3 Å². The SMILES string of the molecule is COCCOc1cc(NC(=O)O)c([N+](=O)[O-])cc1C#Cc1ccccc1. The van der Waals surface area contributed by atoms with Gasteiger partial charge in [-0.2, -0.15) is 0 Å². The highest BCUT2D eigenvalue weighted by molar-refractivity contribution is 5.87. The lowest BCUT2D eigenvalue weighted by atomic mass is 10.1. The Morgan fingerprint density at radius 1 is 1.23 bits per heavy atom. The molecule has 26 heavy (non-hydrogen) atoms. The zero-order valence-electron chi connectivity index (χ0n) is 13.9. The lowest BCUT2D eigenvalue weighted by Gasteiger charge is -2.10. The molecule has 2 rings (SSSR count). The molecule has 0 unspecified atom stereocenters. The van der Waals surface area contributed by atoms with Crippen LogP contribution < -0.4 is 10.1 Å². The number of hydrogen-bond donors (Lipinski definition) is 2. The van der Waals surface area contributed by atoms with Crippen LogP contribution in [0.15, 0.2) is 42.5 Å². The molecule has 0 aromatic heterocycles. The van der Waals surface area contributed by atoms with E-state index in [0.717, 1.165) is 5.56 Å². The quantitative estimate of drug-likeness (QED) is 0.356. The van der Waals surface area contributed by atoms with Crippen molar-refractivity contribution in [3.05, 3.63) is 63.7 Å². The second-order valence-corrected chi connectivity index (χ2v) is 5.01. The molecule has 1 amide bonds. The second kappa shape index (κ2) is 9.05. The van der Waals surface area contributed by atoms with Crippen molar-refractivity contribution in [2.75, 3.05) is 25.6 Å². The number of nitrogens with zero attached hydrogens (tertiary/aromatic N) is 1. The first-order valence-corrected chi connectivity index (χ1v) is 7.52. The molecule has 0 aliphatic heterocycles. The summed E-state index contributed by atoms with van der Waals surface area (Å²) < 4.78 is 10.5. The highest BCUT2D eigenvalue weighted by Gasteiger charge is 2.20. The lowest BCUT2D eigenvalue weighted by Crippen LogP contribution is -2.11. The lowest BCUT2D eigenvalue weighted by molar-refractivity contribution is -0.384. The first-order valence-electron chi connectivity index (χ1n) is 7.52. The van der Waals surface area contributed by atoms with Gasteiger partial charge in [-0.1, -0.05) is 30.0 Å². The van der Waals surface area contributed by atoms with Gasteiger partial charge >= 0.3 is 6.09 Å². The third-order valence-corrected chi connectivity index (χ3v) is 3.20. The van der Waals surface area contributed by atoms with Crippen LogP contribution in [0.25, 0.3) is 0 Å². The summed E-state index contributed by atoms with van der Waals surface area (Å²) in [6.45, 7) is 0.477. The number of carboxylic acid groups (broad SMARTS) is 1. The average molecular weight is 356 g/mol. The molecule has 2 aromatic rings. The van der Waals surface area contributed by atoms with Crippen molar-refractivity contribution in [2.45, 2.75) is 0 Å². The van der Waals surface area contributed by atoms with Crippen LogP contribution in [-0.2, 0) is 4.74 Å². The summed E-state index contributed by atoms with van der Waals surface area (Å²) in [6, 6.07) is 11.5. The molecule has 0 aliphatic rings. The maximum atomic E-state index is 11.3. The van der Waals surface area contributed by atoms with E-state index in [9.17, 15) is 14.9 Å². The van der Waals surface area contributed by atoms with Crippen LogP contribution in [0, 0.1) is 22.0 Å². The predicted octanol–water partition coefficient (Wildman–Crippen LogP) is 3.11. The largest absolute Gasteiger partial charge is 0.490 e. The van der Waals surface area contributed by atoms with E-state index in [1.165, 1.54) is 19.2 Å². The fraction of sp³-hybridized carbons (Fsp3) is 0.167. The minimum atomic E-state index is -1.42. The number of carbonyl (C=O) groups is 1. The van der Waals surface area contributed by atoms with Crippen LogP contribution in [0.2, 0.25) is 0 Å². The summed E-state index contributed by atoms with van der Waals surface area (Å²) in [5, 5.41) is 22.1. The monoisotopic (exact) mass is 356 g/mol. The van der Waals surface area contributed by atoms with Crippen LogP contribution >= 0.6 is 0 Å². The first kappa shape index (κ1) is 18.8. The summed E-state index contributed by atoms with van der Waals surface area (Å²) >= 11 is 0. The number of nitrogens with one attached hydrogen (secondary N) is 1. The van der Waals surface area contributed by atoms with E-state index in [1.807, 2.05) is 23.5 Å². The Bertz CT molecular complexity index is 855. The van der Waals surface area contributed by atoms with Gasteiger partial charge in [-0.3, -0.25) is 15.4 Å². The molecule has 8 nitrogen and oxygen atoms in total. The molecule has 134 valence electrons. The number of nitro benzene ring substituents is 1. The molecular formula is C18H16N2O6. The van der Waals surface area contributed by atoms with E-state index in [1.54, 1.807) is 12.1 Å². The molecule has 0 aliphatic carbocycles. The number of ether oxygens (including phenoxy) is 2. The molecule has 2 aromatic carbocycles. The Hall–Kier alpha value is -3.57. The van der Waals surface area contributed by atoms with Gasteiger partial charge in [0.05, 0.1) is 17.1 Å². The maximum absolute atomic E-state index is 11.3. The normalized spacial score (nSPS) is 9.73. The molecule has 8 heteroatoms. The number of nitro groups is 1. The molecule has 0 bridgehead atoms.